The number of aromatic nitrogens is 3. The monoisotopic (exact) mass is 306 g/mol. The van der Waals surface area contributed by atoms with Gasteiger partial charge in [0.05, 0.1) is 12.2 Å². The molecule has 1 saturated heterocycles. The summed E-state index contributed by atoms with van der Waals surface area (Å²) < 4.78 is 1.85. The highest BCUT2D eigenvalue weighted by molar-refractivity contribution is 5.54. The van der Waals surface area contributed by atoms with Crippen LogP contribution in [0, 0.1) is 20.8 Å². The van der Waals surface area contributed by atoms with E-state index in [-0.39, 0.29) is 0 Å². The molecule has 1 atom stereocenters. The first-order valence-corrected chi connectivity index (χ1v) is 8.28. The van der Waals surface area contributed by atoms with E-state index in [1.807, 2.05) is 16.9 Å². The van der Waals surface area contributed by atoms with Crippen LogP contribution in [-0.4, -0.2) is 21.1 Å². The van der Waals surface area contributed by atoms with Gasteiger partial charge in [-0.3, -0.25) is 0 Å². The van der Waals surface area contributed by atoms with Gasteiger partial charge in [-0.25, -0.2) is 9.50 Å². The molecule has 3 heterocycles. The van der Waals surface area contributed by atoms with Gasteiger partial charge in [-0.1, -0.05) is 23.8 Å². The highest BCUT2D eigenvalue weighted by Crippen LogP contribution is 2.37. The molecule has 0 spiro atoms. The normalized spacial score (nSPS) is 18.0. The van der Waals surface area contributed by atoms with Crippen LogP contribution in [0.5, 0.6) is 0 Å². The lowest BCUT2D eigenvalue weighted by molar-refractivity contribution is 0.705. The molecule has 4 rings (SSSR count). The number of fused-ring (bicyclic) bond motifs is 1. The molecular weight excluding hydrogens is 284 g/mol. The third-order valence-electron chi connectivity index (χ3n) is 4.87. The van der Waals surface area contributed by atoms with Crippen molar-refractivity contribution in [2.24, 2.45) is 0 Å². The third kappa shape index (κ3) is 2.38. The number of aryl methyl sites for hydroxylation is 3. The van der Waals surface area contributed by atoms with Crippen LogP contribution >= 0.6 is 0 Å². The van der Waals surface area contributed by atoms with Gasteiger partial charge in [-0.15, -0.1) is 0 Å². The molecule has 0 radical (unpaired) electrons. The Morgan fingerprint density at radius 2 is 1.96 bits per heavy atom. The van der Waals surface area contributed by atoms with Gasteiger partial charge in [0, 0.05) is 18.3 Å². The predicted octanol–water partition coefficient (Wildman–Crippen LogP) is 4.00. The molecule has 0 saturated carbocycles. The van der Waals surface area contributed by atoms with Crippen LogP contribution in [0.2, 0.25) is 0 Å². The fraction of sp³-hybridized carbons (Fsp3) is 0.368. The number of anilines is 1. The summed E-state index contributed by atoms with van der Waals surface area (Å²) in [5, 5.41) is 4.32. The van der Waals surface area contributed by atoms with Crippen LogP contribution in [-0.2, 0) is 0 Å². The van der Waals surface area contributed by atoms with E-state index in [9.17, 15) is 0 Å². The van der Waals surface area contributed by atoms with E-state index >= 15 is 0 Å². The van der Waals surface area contributed by atoms with Gasteiger partial charge in [0.15, 0.2) is 5.65 Å². The smallest absolute Gasteiger partial charge is 0.160 e. The molecule has 3 aromatic rings. The lowest BCUT2D eigenvalue weighted by Gasteiger charge is -2.27. The van der Waals surface area contributed by atoms with Gasteiger partial charge in [-0.05, 0) is 50.8 Å². The Hall–Kier alpha value is -2.36. The first-order valence-electron chi connectivity index (χ1n) is 8.28. The molecule has 0 unspecified atom stereocenters. The molecule has 0 amide bonds. The highest BCUT2D eigenvalue weighted by Gasteiger charge is 2.28. The maximum absolute atomic E-state index is 4.87. The first-order chi connectivity index (χ1) is 11.1. The van der Waals surface area contributed by atoms with Crippen molar-refractivity contribution in [3.8, 4) is 0 Å². The number of nitrogens with zero attached hydrogens (tertiary/aromatic N) is 4. The minimum atomic E-state index is 0.424. The van der Waals surface area contributed by atoms with Gasteiger partial charge in [0.1, 0.15) is 5.82 Å². The molecule has 1 aromatic carbocycles. The summed E-state index contributed by atoms with van der Waals surface area (Å²) in [6.07, 6.45) is 6.29. The first kappa shape index (κ1) is 14.2. The summed E-state index contributed by atoms with van der Waals surface area (Å²) in [6.45, 7) is 7.50. The van der Waals surface area contributed by atoms with E-state index in [4.69, 9.17) is 4.98 Å². The van der Waals surface area contributed by atoms with Crippen molar-refractivity contribution < 1.29 is 0 Å². The minimum absolute atomic E-state index is 0.424. The van der Waals surface area contributed by atoms with Crippen LogP contribution in [0.3, 0.4) is 0 Å². The molecule has 23 heavy (non-hydrogen) atoms. The van der Waals surface area contributed by atoms with Crippen LogP contribution in [0.4, 0.5) is 5.82 Å². The molecule has 0 bridgehead atoms. The zero-order chi connectivity index (χ0) is 16.0. The molecule has 0 aliphatic carbocycles. The van der Waals surface area contributed by atoms with Gasteiger partial charge >= 0.3 is 0 Å². The quantitative estimate of drug-likeness (QED) is 0.717. The average molecular weight is 306 g/mol. The van der Waals surface area contributed by atoms with Crippen molar-refractivity contribution in [1.29, 1.82) is 0 Å². The fourth-order valence-electron chi connectivity index (χ4n) is 3.62. The molecule has 118 valence electrons. The van der Waals surface area contributed by atoms with Gasteiger partial charge in [-0.2, -0.15) is 5.10 Å². The zero-order valence-electron chi connectivity index (χ0n) is 14.0. The molecule has 0 N–H and O–H groups in total. The van der Waals surface area contributed by atoms with Gasteiger partial charge in [0.2, 0.25) is 0 Å². The van der Waals surface area contributed by atoms with Gasteiger partial charge in [0.25, 0.3) is 0 Å². The van der Waals surface area contributed by atoms with Crippen molar-refractivity contribution in [1.82, 2.24) is 14.6 Å². The Morgan fingerprint density at radius 3 is 2.83 bits per heavy atom. The molecular formula is C19H22N4. The largest absolute Gasteiger partial charge is 0.349 e. The Morgan fingerprint density at radius 1 is 1.09 bits per heavy atom. The topological polar surface area (TPSA) is 33.4 Å². The Labute approximate surface area is 136 Å². The number of hydrogen-bond donors (Lipinski definition) is 0. The summed E-state index contributed by atoms with van der Waals surface area (Å²) in [5.41, 5.74) is 6.21. The minimum Gasteiger partial charge on any atom is -0.349 e. The standard InChI is InChI=1S/C19H22N4/c1-13-6-7-14(2)16(11-13)17-5-4-9-22(17)18-8-10-23-19(21-18)15(3)12-20-23/h6-8,10-12,17H,4-5,9H2,1-3H3/t17-/m1/s1. The maximum atomic E-state index is 4.87. The second-order valence-electron chi connectivity index (χ2n) is 6.59. The highest BCUT2D eigenvalue weighted by atomic mass is 15.3. The van der Waals surface area contributed by atoms with Crippen molar-refractivity contribution in [2.45, 2.75) is 39.7 Å². The number of hydrogen-bond acceptors (Lipinski definition) is 3. The van der Waals surface area contributed by atoms with Crippen LogP contribution < -0.4 is 4.90 Å². The van der Waals surface area contributed by atoms with E-state index in [2.05, 4.69) is 55.0 Å². The summed E-state index contributed by atoms with van der Waals surface area (Å²) in [5.74, 6) is 1.06. The van der Waals surface area contributed by atoms with E-state index in [0.29, 0.717) is 6.04 Å². The summed E-state index contributed by atoms with van der Waals surface area (Å²) in [7, 11) is 0. The lowest BCUT2D eigenvalue weighted by atomic mass is 9.97. The zero-order valence-corrected chi connectivity index (χ0v) is 14.0. The third-order valence-corrected chi connectivity index (χ3v) is 4.87. The molecule has 1 aliphatic rings. The lowest BCUT2D eigenvalue weighted by Crippen LogP contribution is -2.24. The number of benzene rings is 1. The summed E-state index contributed by atoms with van der Waals surface area (Å²) in [6, 6.07) is 9.27. The number of rotatable bonds is 2. The molecule has 1 fully saturated rings. The molecule has 2 aromatic heterocycles. The van der Waals surface area contributed by atoms with E-state index in [1.165, 1.54) is 29.5 Å². The maximum Gasteiger partial charge on any atom is 0.160 e. The molecule has 4 heteroatoms. The van der Waals surface area contributed by atoms with Crippen LogP contribution in [0.15, 0.2) is 36.7 Å². The van der Waals surface area contributed by atoms with Crippen LogP contribution in [0.25, 0.3) is 5.65 Å². The second-order valence-corrected chi connectivity index (χ2v) is 6.59. The predicted molar refractivity (Wildman–Crippen MR) is 93.0 cm³/mol. The fourth-order valence-corrected chi connectivity index (χ4v) is 3.62. The summed E-state index contributed by atoms with van der Waals surface area (Å²) in [4.78, 5) is 7.32. The van der Waals surface area contributed by atoms with E-state index in [0.717, 1.165) is 23.6 Å². The second kappa shape index (κ2) is 5.37. The van der Waals surface area contributed by atoms with Crippen LogP contribution in [0.1, 0.15) is 41.1 Å². The Kier molecular flexibility index (Phi) is 3.33. The van der Waals surface area contributed by atoms with E-state index in [1.54, 1.807) is 0 Å². The van der Waals surface area contributed by atoms with Crippen molar-refractivity contribution in [3.63, 3.8) is 0 Å². The van der Waals surface area contributed by atoms with E-state index < -0.39 is 0 Å². The summed E-state index contributed by atoms with van der Waals surface area (Å²) >= 11 is 0. The van der Waals surface area contributed by atoms with Gasteiger partial charge < -0.3 is 4.90 Å². The SMILES string of the molecule is Cc1ccc(C)c([C@H]2CCCN2c2ccn3ncc(C)c3n2)c1. The van der Waals surface area contributed by atoms with Crippen molar-refractivity contribution in [3.05, 3.63) is 58.9 Å². The Bertz CT molecular complexity index is 865. The van der Waals surface area contributed by atoms with Crippen molar-refractivity contribution >= 4 is 11.5 Å². The van der Waals surface area contributed by atoms with Crippen molar-refractivity contribution in [2.75, 3.05) is 11.4 Å². The molecule has 4 nitrogen and oxygen atoms in total. The average Bonchev–Trinajstić information content (AvgIpc) is 3.17. The Balaban J connectivity index is 1.76. The molecule has 1 aliphatic heterocycles.